The first kappa shape index (κ1) is 16.3. The molecule has 2 unspecified atom stereocenters. The summed E-state index contributed by atoms with van der Waals surface area (Å²) in [4.78, 5) is 14.3. The maximum Gasteiger partial charge on any atom is 0.321 e. The Labute approximate surface area is 137 Å². The molecule has 3 rings (SSSR count). The summed E-state index contributed by atoms with van der Waals surface area (Å²) in [6, 6.07) is 5.81. The smallest absolute Gasteiger partial charge is 0.321 e. The van der Waals surface area contributed by atoms with Gasteiger partial charge in [-0.25, -0.2) is 18.4 Å². The lowest BCUT2D eigenvalue weighted by Crippen LogP contribution is -2.46. The van der Waals surface area contributed by atoms with E-state index in [1.165, 1.54) is 37.8 Å². The van der Waals surface area contributed by atoms with E-state index in [2.05, 4.69) is 5.32 Å². The van der Waals surface area contributed by atoms with Crippen LogP contribution in [-0.4, -0.2) is 32.4 Å². The molecule has 2 atom stereocenters. The summed E-state index contributed by atoms with van der Waals surface area (Å²) in [6.07, 6.45) is 6.20. The highest BCUT2D eigenvalue weighted by molar-refractivity contribution is 7.89. The Morgan fingerprint density at radius 1 is 1.09 bits per heavy atom. The van der Waals surface area contributed by atoms with Crippen molar-refractivity contribution in [3.8, 4) is 0 Å². The monoisotopic (exact) mass is 337 g/mol. The summed E-state index contributed by atoms with van der Waals surface area (Å²) in [7, 11) is -3.70. The van der Waals surface area contributed by atoms with Crippen molar-refractivity contribution in [1.29, 1.82) is 0 Å². The average Bonchev–Trinajstić information content (AvgIpc) is 2.54. The zero-order valence-electron chi connectivity index (χ0n) is 13.1. The van der Waals surface area contributed by atoms with Gasteiger partial charge in [-0.15, -0.1) is 0 Å². The van der Waals surface area contributed by atoms with Crippen LogP contribution in [0.25, 0.3) is 0 Å². The van der Waals surface area contributed by atoms with Crippen LogP contribution in [0.3, 0.4) is 0 Å². The van der Waals surface area contributed by atoms with Crippen LogP contribution >= 0.6 is 0 Å². The molecular weight excluding hydrogens is 314 g/mol. The molecule has 3 N–H and O–H groups in total. The predicted octanol–water partition coefficient (Wildman–Crippen LogP) is 2.38. The molecule has 1 heterocycles. The molecule has 2 fully saturated rings. The number of nitrogens with two attached hydrogens (primary N) is 1. The summed E-state index contributed by atoms with van der Waals surface area (Å²) in [5.74, 6) is 1.41. The van der Waals surface area contributed by atoms with Crippen LogP contribution in [0.5, 0.6) is 0 Å². The van der Waals surface area contributed by atoms with E-state index in [0.29, 0.717) is 11.6 Å². The first-order valence-electron chi connectivity index (χ1n) is 8.12. The number of nitrogens with one attached hydrogen (secondary N) is 1. The van der Waals surface area contributed by atoms with Crippen molar-refractivity contribution >= 4 is 21.7 Å². The number of anilines is 1. The second-order valence-electron chi connectivity index (χ2n) is 6.54. The molecule has 7 heteroatoms. The van der Waals surface area contributed by atoms with Crippen LogP contribution < -0.4 is 10.5 Å². The summed E-state index contributed by atoms with van der Waals surface area (Å²) >= 11 is 0. The molecule has 2 amide bonds. The van der Waals surface area contributed by atoms with Gasteiger partial charge in [0.15, 0.2) is 0 Å². The summed E-state index contributed by atoms with van der Waals surface area (Å²) in [6.45, 7) is 1.62. The SMILES string of the molecule is NS(=O)(=O)c1ccc(NC(=O)N2CCC3CCCCC3C2)cc1. The fourth-order valence-electron chi connectivity index (χ4n) is 3.72. The molecule has 6 nitrogen and oxygen atoms in total. The van der Waals surface area contributed by atoms with E-state index in [1.54, 1.807) is 12.1 Å². The lowest BCUT2D eigenvalue weighted by molar-refractivity contribution is 0.108. The van der Waals surface area contributed by atoms with Crippen LogP contribution in [0.1, 0.15) is 32.1 Å². The maximum absolute atomic E-state index is 12.4. The van der Waals surface area contributed by atoms with E-state index < -0.39 is 10.0 Å². The van der Waals surface area contributed by atoms with Crippen molar-refractivity contribution in [2.24, 2.45) is 17.0 Å². The highest BCUT2D eigenvalue weighted by Gasteiger charge is 2.32. The largest absolute Gasteiger partial charge is 0.324 e. The quantitative estimate of drug-likeness (QED) is 0.868. The standard InChI is InChI=1S/C16H23N3O3S/c17-23(21,22)15-7-5-14(6-8-15)18-16(20)19-10-9-12-3-1-2-4-13(12)11-19/h5-8,12-13H,1-4,9-11H2,(H,18,20)(H2,17,21,22). The molecule has 0 bridgehead atoms. The van der Waals surface area contributed by atoms with Gasteiger partial charge in [-0.1, -0.05) is 19.3 Å². The van der Waals surface area contributed by atoms with Gasteiger partial charge in [-0.3, -0.25) is 0 Å². The lowest BCUT2D eigenvalue weighted by atomic mass is 9.75. The molecule has 1 aliphatic carbocycles. The van der Waals surface area contributed by atoms with Gasteiger partial charge in [-0.05, 0) is 48.9 Å². The van der Waals surface area contributed by atoms with Gasteiger partial charge in [0, 0.05) is 18.8 Å². The van der Waals surface area contributed by atoms with Gasteiger partial charge in [0.1, 0.15) is 0 Å². The van der Waals surface area contributed by atoms with Crippen molar-refractivity contribution in [2.45, 2.75) is 37.0 Å². The molecule has 1 aromatic carbocycles. The van der Waals surface area contributed by atoms with E-state index in [1.807, 2.05) is 4.90 Å². The normalized spacial score (nSPS) is 24.8. The Kier molecular flexibility index (Phi) is 4.59. The Hall–Kier alpha value is -1.60. The second kappa shape index (κ2) is 6.49. The van der Waals surface area contributed by atoms with Gasteiger partial charge in [0.25, 0.3) is 0 Å². The second-order valence-corrected chi connectivity index (χ2v) is 8.10. The number of sulfonamides is 1. The number of rotatable bonds is 2. The highest BCUT2D eigenvalue weighted by atomic mass is 32.2. The molecule has 1 aliphatic heterocycles. The molecule has 0 radical (unpaired) electrons. The number of fused-ring (bicyclic) bond motifs is 1. The molecular formula is C16H23N3O3S. The van der Waals surface area contributed by atoms with Gasteiger partial charge in [-0.2, -0.15) is 0 Å². The van der Waals surface area contributed by atoms with E-state index >= 15 is 0 Å². The van der Waals surface area contributed by atoms with E-state index in [0.717, 1.165) is 25.4 Å². The van der Waals surface area contributed by atoms with Crippen LogP contribution in [0.15, 0.2) is 29.2 Å². The van der Waals surface area contributed by atoms with Crippen molar-refractivity contribution in [3.05, 3.63) is 24.3 Å². The van der Waals surface area contributed by atoms with Crippen molar-refractivity contribution in [1.82, 2.24) is 4.90 Å². The molecule has 0 spiro atoms. The molecule has 126 valence electrons. The zero-order chi connectivity index (χ0) is 16.4. The number of amides is 2. The average molecular weight is 337 g/mol. The van der Waals surface area contributed by atoms with Crippen molar-refractivity contribution in [2.75, 3.05) is 18.4 Å². The summed E-state index contributed by atoms with van der Waals surface area (Å²) < 4.78 is 22.5. The topological polar surface area (TPSA) is 92.5 Å². The molecule has 2 aliphatic rings. The molecule has 23 heavy (non-hydrogen) atoms. The number of likely N-dealkylation sites (tertiary alicyclic amines) is 1. The number of carbonyl (C=O) groups is 1. The molecule has 1 saturated carbocycles. The first-order valence-corrected chi connectivity index (χ1v) is 9.67. The third kappa shape index (κ3) is 3.84. The first-order chi connectivity index (χ1) is 10.9. The Morgan fingerprint density at radius 2 is 1.74 bits per heavy atom. The van der Waals surface area contributed by atoms with Gasteiger partial charge >= 0.3 is 6.03 Å². The number of hydrogen-bond acceptors (Lipinski definition) is 3. The third-order valence-electron chi connectivity index (χ3n) is 5.01. The van der Waals surface area contributed by atoms with Crippen LogP contribution in [0, 0.1) is 11.8 Å². The number of benzene rings is 1. The number of nitrogens with zero attached hydrogens (tertiary/aromatic N) is 1. The summed E-state index contributed by atoms with van der Waals surface area (Å²) in [5.41, 5.74) is 0.577. The third-order valence-corrected chi connectivity index (χ3v) is 5.94. The number of hydrogen-bond donors (Lipinski definition) is 2. The Bertz CT molecular complexity index is 672. The Balaban J connectivity index is 1.61. The van der Waals surface area contributed by atoms with Crippen molar-refractivity contribution in [3.63, 3.8) is 0 Å². The number of urea groups is 1. The van der Waals surface area contributed by atoms with Gasteiger partial charge < -0.3 is 10.2 Å². The van der Waals surface area contributed by atoms with Gasteiger partial charge in [0.2, 0.25) is 10.0 Å². The minimum Gasteiger partial charge on any atom is -0.324 e. The number of carbonyl (C=O) groups excluding carboxylic acids is 1. The van der Waals surface area contributed by atoms with Crippen LogP contribution in [0.2, 0.25) is 0 Å². The van der Waals surface area contributed by atoms with Crippen LogP contribution in [0.4, 0.5) is 10.5 Å². The zero-order valence-corrected chi connectivity index (χ0v) is 13.9. The van der Waals surface area contributed by atoms with E-state index in [4.69, 9.17) is 5.14 Å². The molecule has 1 aromatic rings. The predicted molar refractivity (Wildman–Crippen MR) is 88.5 cm³/mol. The van der Waals surface area contributed by atoms with Crippen LogP contribution in [-0.2, 0) is 10.0 Å². The van der Waals surface area contributed by atoms with Gasteiger partial charge in [0.05, 0.1) is 4.90 Å². The fraction of sp³-hybridized carbons (Fsp3) is 0.562. The number of primary sulfonamides is 1. The lowest BCUT2D eigenvalue weighted by Gasteiger charge is -2.41. The summed E-state index contributed by atoms with van der Waals surface area (Å²) in [5, 5.41) is 7.90. The van der Waals surface area contributed by atoms with E-state index in [9.17, 15) is 13.2 Å². The fourth-order valence-corrected chi connectivity index (χ4v) is 4.23. The molecule has 0 aromatic heterocycles. The van der Waals surface area contributed by atoms with E-state index in [-0.39, 0.29) is 10.9 Å². The Morgan fingerprint density at radius 3 is 2.39 bits per heavy atom. The minimum absolute atomic E-state index is 0.0403. The number of piperidine rings is 1. The minimum atomic E-state index is -3.70. The maximum atomic E-state index is 12.4. The van der Waals surface area contributed by atoms with Crippen molar-refractivity contribution < 1.29 is 13.2 Å². The molecule has 1 saturated heterocycles. The highest BCUT2D eigenvalue weighted by Crippen LogP contribution is 2.36.